The number of rotatable bonds is 52. The second-order valence-corrected chi connectivity index (χ2v) is 22.8. The second-order valence-electron chi connectivity index (χ2n) is 22.8. The van der Waals surface area contributed by atoms with E-state index >= 15 is 0 Å². The smallest absolute Gasteiger partial charge is 0.220 e. The molecular weight excluding hydrogens is 1040 g/mol. The Morgan fingerprint density at radius 2 is 0.854 bits per heavy atom. The zero-order valence-electron chi connectivity index (χ0n) is 51.2. The maximum Gasteiger partial charge on any atom is 0.220 e. The van der Waals surface area contributed by atoms with E-state index in [1.165, 1.54) is 135 Å². The molecule has 474 valence electrons. The molecule has 0 spiro atoms. The first-order chi connectivity index (χ1) is 40.1. The van der Waals surface area contributed by atoms with Gasteiger partial charge in [0.05, 0.1) is 32.0 Å². The van der Waals surface area contributed by atoms with Crippen molar-refractivity contribution in [3.63, 3.8) is 0 Å². The van der Waals surface area contributed by atoms with Crippen LogP contribution in [-0.2, 0) is 23.7 Å². The van der Waals surface area contributed by atoms with Gasteiger partial charge in [-0.15, -0.1) is 0 Å². The molecule has 0 aliphatic carbocycles. The van der Waals surface area contributed by atoms with Crippen LogP contribution in [0.1, 0.15) is 245 Å². The summed E-state index contributed by atoms with van der Waals surface area (Å²) in [4.78, 5) is 13.3. The van der Waals surface area contributed by atoms with E-state index < -0.39 is 86.8 Å². The average Bonchev–Trinajstić information content (AvgIpc) is 3.56. The van der Waals surface area contributed by atoms with Gasteiger partial charge in [0.2, 0.25) is 5.91 Å². The monoisotopic (exact) mass is 1160 g/mol. The molecule has 12 atom stereocenters. The molecule has 0 aromatic rings. The number of aliphatic hydroxyl groups excluding tert-OH is 8. The largest absolute Gasteiger partial charge is 0.394 e. The van der Waals surface area contributed by atoms with Crippen LogP contribution in [0.5, 0.6) is 0 Å². The number of ether oxygens (including phenoxy) is 4. The fourth-order valence-corrected chi connectivity index (χ4v) is 10.3. The summed E-state index contributed by atoms with van der Waals surface area (Å²) in [6.45, 7) is 2.67. The molecule has 9 N–H and O–H groups in total. The molecule has 82 heavy (non-hydrogen) atoms. The molecule has 0 aromatic heterocycles. The minimum absolute atomic E-state index is 0.257. The summed E-state index contributed by atoms with van der Waals surface area (Å²) in [5.74, 6) is -0.257. The Kier molecular flexibility index (Phi) is 48.2. The van der Waals surface area contributed by atoms with Gasteiger partial charge in [-0.3, -0.25) is 4.79 Å². The van der Waals surface area contributed by atoms with Gasteiger partial charge in [0.25, 0.3) is 0 Å². The van der Waals surface area contributed by atoms with Crippen molar-refractivity contribution in [3.8, 4) is 0 Å². The van der Waals surface area contributed by atoms with E-state index in [0.717, 1.165) is 77.0 Å². The van der Waals surface area contributed by atoms with E-state index in [-0.39, 0.29) is 18.9 Å². The van der Waals surface area contributed by atoms with E-state index in [2.05, 4.69) is 92.1 Å². The van der Waals surface area contributed by atoms with Crippen LogP contribution >= 0.6 is 0 Å². The first-order valence-electron chi connectivity index (χ1n) is 32.8. The lowest BCUT2D eigenvalue weighted by Gasteiger charge is -2.46. The van der Waals surface area contributed by atoms with Crippen LogP contribution in [-0.4, -0.2) is 140 Å². The average molecular weight is 1160 g/mol. The fourth-order valence-electron chi connectivity index (χ4n) is 10.3. The summed E-state index contributed by atoms with van der Waals surface area (Å²) in [6.07, 6.45) is 54.8. The van der Waals surface area contributed by atoms with Gasteiger partial charge in [0.15, 0.2) is 12.6 Å². The quantitative estimate of drug-likeness (QED) is 0.0204. The predicted octanol–water partition coefficient (Wildman–Crippen LogP) is 12.4. The molecule has 14 nitrogen and oxygen atoms in total. The van der Waals surface area contributed by atoms with Crippen LogP contribution in [0.15, 0.2) is 85.1 Å². The van der Waals surface area contributed by atoms with Crippen LogP contribution in [0, 0.1) is 0 Å². The zero-order valence-corrected chi connectivity index (χ0v) is 51.2. The van der Waals surface area contributed by atoms with E-state index in [0.29, 0.717) is 12.8 Å². The van der Waals surface area contributed by atoms with Crippen molar-refractivity contribution in [2.45, 2.75) is 319 Å². The molecule has 0 bridgehead atoms. The zero-order chi connectivity index (χ0) is 59.5. The van der Waals surface area contributed by atoms with Crippen LogP contribution in [0.2, 0.25) is 0 Å². The third kappa shape index (κ3) is 36.9. The SMILES string of the molecule is CC/C=C\C/C=C\C/C=C\C/C=C\CCCCCCCCCCCCCCC(=O)NC(COC1OC(CO)C(OC2OC(CO)C(O)C(O)C2O)C(O)C1O)C(O)/C=C/CC/C=C/CC/C=C/CCCCCCCCCCCCCCC. The van der Waals surface area contributed by atoms with E-state index in [9.17, 15) is 45.6 Å². The number of allylic oxidation sites excluding steroid dienone is 13. The topological polar surface area (TPSA) is 228 Å². The van der Waals surface area contributed by atoms with Crippen LogP contribution in [0.3, 0.4) is 0 Å². The van der Waals surface area contributed by atoms with Gasteiger partial charge in [-0.2, -0.15) is 0 Å². The van der Waals surface area contributed by atoms with Gasteiger partial charge < -0.3 is 65.1 Å². The highest BCUT2D eigenvalue weighted by atomic mass is 16.7. The number of hydrogen-bond donors (Lipinski definition) is 9. The Hall–Kier alpha value is -2.83. The highest BCUT2D eigenvalue weighted by molar-refractivity contribution is 5.76. The molecule has 2 saturated heterocycles. The Balaban J connectivity index is 1.75. The number of unbranched alkanes of at least 4 members (excludes halogenated alkanes) is 27. The molecule has 2 fully saturated rings. The van der Waals surface area contributed by atoms with Crippen molar-refractivity contribution in [2.24, 2.45) is 0 Å². The maximum atomic E-state index is 13.3. The molecule has 0 aromatic carbocycles. The molecule has 2 aliphatic heterocycles. The van der Waals surface area contributed by atoms with E-state index in [4.69, 9.17) is 18.9 Å². The first-order valence-corrected chi connectivity index (χ1v) is 32.8. The molecule has 2 heterocycles. The molecule has 0 saturated carbocycles. The van der Waals surface area contributed by atoms with Crippen molar-refractivity contribution < 1.29 is 64.6 Å². The summed E-state index contributed by atoms with van der Waals surface area (Å²) < 4.78 is 22.8. The highest BCUT2D eigenvalue weighted by Crippen LogP contribution is 2.30. The molecular formula is C68H119NO13. The van der Waals surface area contributed by atoms with Crippen molar-refractivity contribution in [1.82, 2.24) is 5.32 Å². The summed E-state index contributed by atoms with van der Waals surface area (Å²) in [5, 5.41) is 87.3. The maximum absolute atomic E-state index is 13.3. The Bertz CT molecular complexity index is 1700. The van der Waals surface area contributed by atoms with Crippen LogP contribution in [0.4, 0.5) is 0 Å². The molecule has 12 unspecified atom stereocenters. The van der Waals surface area contributed by atoms with E-state index in [1.807, 2.05) is 6.08 Å². The van der Waals surface area contributed by atoms with E-state index in [1.54, 1.807) is 6.08 Å². The van der Waals surface area contributed by atoms with Gasteiger partial charge in [-0.05, 0) is 83.5 Å². The van der Waals surface area contributed by atoms with Gasteiger partial charge in [-0.1, -0.05) is 240 Å². The minimum atomic E-state index is -1.80. The molecule has 1 amide bonds. The van der Waals surface area contributed by atoms with Crippen molar-refractivity contribution in [2.75, 3.05) is 19.8 Å². The second kappa shape index (κ2) is 52.5. The normalized spacial score (nSPS) is 24.5. The number of carbonyl (C=O) groups excluding carboxylic acids is 1. The van der Waals surface area contributed by atoms with Gasteiger partial charge in [-0.25, -0.2) is 0 Å². The highest BCUT2D eigenvalue weighted by Gasteiger charge is 2.51. The number of amides is 1. The standard InChI is InChI=1S/C68H119NO13/c1-3-5-7-9-11-13-15-17-19-21-23-25-27-28-30-32-34-36-38-40-42-44-46-48-50-52-60(73)69-56(55-79-67-65(78)63(76)66(59(54-71)81-67)82-68-64(77)62(75)61(74)58(53-70)80-68)57(72)51-49-47-45-43-41-39-37-35-33-31-29-26-24-22-20-18-16-14-12-10-8-6-4-2/h5,7,11,13,17,19,23,25,33,35,41,43,49,51,56-59,61-68,70-72,74-78H,3-4,6,8-10,12,14-16,18,20-22,24,26-32,34,36-40,42,44-48,50,52-55H2,1-2H3,(H,69,73)/b7-5-,13-11-,19-17-,25-23-,35-33+,43-41+,51-49+. The lowest BCUT2D eigenvalue weighted by atomic mass is 9.97. The van der Waals surface area contributed by atoms with Crippen LogP contribution in [0.25, 0.3) is 0 Å². The fraction of sp³-hybridized carbons (Fsp3) is 0.779. The molecule has 14 heteroatoms. The summed E-state index contributed by atoms with van der Waals surface area (Å²) >= 11 is 0. The Morgan fingerprint density at radius 1 is 0.451 bits per heavy atom. The minimum Gasteiger partial charge on any atom is -0.394 e. The Morgan fingerprint density at radius 3 is 1.34 bits per heavy atom. The molecule has 0 radical (unpaired) electrons. The van der Waals surface area contributed by atoms with Gasteiger partial charge >= 0.3 is 0 Å². The van der Waals surface area contributed by atoms with Crippen LogP contribution < -0.4 is 5.32 Å². The summed E-state index contributed by atoms with van der Waals surface area (Å²) in [5.41, 5.74) is 0. The summed E-state index contributed by atoms with van der Waals surface area (Å²) in [7, 11) is 0. The lowest BCUT2D eigenvalue weighted by molar-refractivity contribution is -0.359. The third-order valence-electron chi connectivity index (χ3n) is 15.5. The van der Waals surface area contributed by atoms with Gasteiger partial charge in [0.1, 0.15) is 48.8 Å². The number of nitrogens with one attached hydrogen (secondary N) is 1. The first kappa shape index (κ1) is 75.3. The number of hydrogen-bond acceptors (Lipinski definition) is 13. The van der Waals surface area contributed by atoms with Gasteiger partial charge in [0, 0.05) is 6.42 Å². The predicted molar refractivity (Wildman–Crippen MR) is 332 cm³/mol. The van der Waals surface area contributed by atoms with Crippen molar-refractivity contribution in [1.29, 1.82) is 0 Å². The number of carbonyl (C=O) groups is 1. The Labute approximate surface area is 497 Å². The van der Waals surface area contributed by atoms with Crippen molar-refractivity contribution >= 4 is 5.91 Å². The lowest BCUT2D eigenvalue weighted by Crippen LogP contribution is -2.65. The summed E-state index contributed by atoms with van der Waals surface area (Å²) in [6, 6.07) is -0.945. The number of aliphatic hydroxyl groups is 8. The molecule has 2 rings (SSSR count). The third-order valence-corrected chi connectivity index (χ3v) is 15.5. The van der Waals surface area contributed by atoms with Crippen molar-refractivity contribution in [3.05, 3.63) is 85.1 Å². The molecule has 2 aliphatic rings.